The lowest BCUT2D eigenvalue weighted by molar-refractivity contribution is 0.0954. The first-order valence-electron chi connectivity index (χ1n) is 4.44. The highest BCUT2D eigenvalue weighted by Gasteiger charge is 2.09. The van der Waals surface area contributed by atoms with Crippen molar-refractivity contribution in [2.75, 3.05) is 11.9 Å². The molecule has 0 saturated heterocycles. The topological polar surface area (TPSA) is 29.1 Å². The van der Waals surface area contributed by atoms with Gasteiger partial charge in [0.05, 0.1) is 10.6 Å². The Kier molecular flexibility index (Phi) is 5.43. The van der Waals surface area contributed by atoms with E-state index in [1.807, 2.05) is 0 Å². The number of halogens is 3. The standard InChI is InChI=1S/C10H10BrCl2NO/c11-4-1-5-14-10(15)8-6-7(12)2-3-9(8)13/h2-3,6H,1,4-5H2,(H,14,15). The first-order chi connectivity index (χ1) is 7.15. The summed E-state index contributed by atoms with van der Waals surface area (Å²) in [4.78, 5) is 11.6. The predicted octanol–water partition coefficient (Wildman–Crippen LogP) is 3.51. The molecule has 5 heteroatoms. The minimum Gasteiger partial charge on any atom is -0.352 e. The molecule has 0 heterocycles. The summed E-state index contributed by atoms with van der Waals surface area (Å²) >= 11 is 14.9. The van der Waals surface area contributed by atoms with Gasteiger partial charge in [-0.1, -0.05) is 39.1 Å². The Morgan fingerprint density at radius 2 is 2.13 bits per heavy atom. The third kappa shape index (κ3) is 4.01. The average Bonchev–Trinajstić information content (AvgIpc) is 2.22. The van der Waals surface area contributed by atoms with Crippen LogP contribution in [0.15, 0.2) is 18.2 Å². The summed E-state index contributed by atoms with van der Waals surface area (Å²) in [6, 6.07) is 4.83. The zero-order chi connectivity index (χ0) is 11.3. The van der Waals surface area contributed by atoms with Gasteiger partial charge < -0.3 is 5.32 Å². The van der Waals surface area contributed by atoms with Crippen LogP contribution in [0.3, 0.4) is 0 Å². The molecule has 0 bridgehead atoms. The van der Waals surface area contributed by atoms with Gasteiger partial charge in [0.1, 0.15) is 0 Å². The first kappa shape index (κ1) is 12.8. The van der Waals surface area contributed by atoms with Gasteiger partial charge in [0.15, 0.2) is 0 Å². The molecule has 1 rings (SSSR count). The van der Waals surface area contributed by atoms with Crippen LogP contribution in [0.25, 0.3) is 0 Å². The van der Waals surface area contributed by atoms with Crippen molar-refractivity contribution in [3.8, 4) is 0 Å². The second kappa shape index (κ2) is 6.36. The van der Waals surface area contributed by atoms with Crippen LogP contribution in [0.1, 0.15) is 16.8 Å². The van der Waals surface area contributed by atoms with Crippen molar-refractivity contribution in [3.05, 3.63) is 33.8 Å². The van der Waals surface area contributed by atoms with E-state index in [2.05, 4.69) is 21.2 Å². The summed E-state index contributed by atoms with van der Waals surface area (Å²) in [6.07, 6.45) is 0.879. The molecule has 0 aromatic heterocycles. The summed E-state index contributed by atoms with van der Waals surface area (Å²) < 4.78 is 0. The van der Waals surface area contributed by atoms with E-state index in [-0.39, 0.29) is 5.91 Å². The molecule has 0 radical (unpaired) electrons. The third-order valence-corrected chi connectivity index (χ3v) is 2.89. The number of nitrogens with one attached hydrogen (secondary N) is 1. The smallest absolute Gasteiger partial charge is 0.252 e. The summed E-state index contributed by atoms with van der Waals surface area (Å²) in [5.74, 6) is -0.191. The number of benzene rings is 1. The molecule has 0 unspecified atom stereocenters. The van der Waals surface area contributed by atoms with E-state index in [0.717, 1.165) is 11.8 Å². The van der Waals surface area contributed by atoms with Crippen molar-refractivity contribution < 1.29 is 4.79 Å². The minimum atomic E-state index is -0.191. The Morgan fingerprint density at radius 1 is 1.40 bits per heavy atom. The molecular weight excluding hydrogens is 301 g/mol. The van der Waals surface area contributed by atoms with E-state index < -0.39 is 0 Å². The second-order valence-corrected chi connectivity index (χ2v) is 4.56. The van der Waals surface area contributed by atoms with Gasteiger partial charge in [-0.15, -0.1) is 0 Å². The van der Waals surface area contributed by atoms with E-state index in [4.69, 9.17) is 23.2 Å². The summed E-state index contributed by atoms with van der Waals surface area (Å²) in [6.45, 7) is 0.618. The van der Waals surface area contributed by atoms with Crippen molar-refractivity contribution in [2.24, 2.45) is 0 Å². The van der Waals surface area contributed by atoms with Crippen LogP contribution < -0.4 is 5.32 Å². The minimum absolute atomic E-state index is 0.191. The number of alkyl halides is 1. The van der Waals surface area contributed by atoms with Gasteiger partial charge in [-0.25, -0.2) is 0 Å². The summed E-state index contributed by atoms with van der Waals surface area (Å²) in [7, 11) is 0. The van der Waals surface area contributed by atoms with Crippen LogP contribution in [-0.2, 0) is 0 Å². The molecular formula is C10H10BrCl2NO. The average molecular weight is 311 g/mol. The number of carbonyl (C=O) groups is 1. The summed E-state index contributed by atoms with van der Waals surface area (Å²) in [5.41, 5.74) is 0.415. The lowest BCUT2D eigenvalue weighted by Gasteiger charge is -2.05. The maximum absolute atomic E-state index is 11.6. The normalized spacial score (nSPS) is 10.1. The van der Waals surface area contributed by atoms with Crippen LogP contribution >= 0.6 is 39.1 Å². The van der Waals surface area contributed by atoms with Gasteiger partial charge in [0.25, 0.3) is 5.91 Å². The predicted molar refractivity (Wildman–Crippen MR) is 67.2 cm³/mol. The van der Waals surface area contributed by atoms with Gasteiger partial charge in [-0.3, -0.25) is 4.79 Å². The maximum atomic E-state index is 11.6. The molecule has 1 N–H and O–H groups in total. The van der Waals surface area contributed by atoms with E-state index in [0.29, 0.717) is 22.2 Å². The van der Waals surface area contributed by atoms with Gasteiger partial charge in [0, 0.05) is 16.9 Å². The van der Waals surface area contributed by atoms with Gasteiger partial charge in [0.2, 0.25) is 0 Å². The highest BCUT2D eigenvalue weighted by molar-refractivity contribution is 9.09. The largest absolute Gasteiger partial charge is 0.352 e. The van der Waals surface area contributed by atoms with E-state index >= 15 is 0 Å². The molecule has 0 aliphatic heterocycles. The molecule has 0 atom stereocenters. The van der Waals surface area contributed by atoms with E-state index in [1.54, 1.807) is 18.2 Å². The zero-order valence-electron chi connectivity index (χ0n) is 7.90. The molecule has 1 aromatic carbocycles. The fraction of sp³-hybridized carbons (Fsp3) is 0.300. The SMILES string of the molecule is O=C(NCCCBr)c1cc(Cl)ccc1Cl. The van der Waals surface area contributed by atoms with Crippen LogP contribution in [0.4, 0.5) is 0 Å². The van der Waals surface area contributed by atoms with E-state index in [1.165, 1.54) is 0 Å². The van der Waals surface area contributed by atoms with Crippen molar-refractivity contribution in [2.45, 2.75) is 6.42 Å². The molecule has 0 saturated carbocycles. The molecule has 82 valence electrons. The Labute approximate surface area is 107 Å². The molecule has 2 nitrogen and oxygen atoms in total. The van der Waals surface area contributed by atoms with Crippen molar-refractivity contribution in [1.82, 2.24) is 5.32 Å². The molecule has 0 aliphatic carbocycles. The number of carbonyl (C=O) groups excluding carboxylic acids is 1. The van der Waals surface area contributed by atoms with Crippen LogP contribution in [0, 0.1) is 0 Å². The lowest BCUT2D eigenvalue weighted by atomic mass is 10.2. The Bertz CT molecular complexity index is 357. The highest BCUT2D eigenvalue weighted by Crippen LogP contribution is 2.20. The molecule has 1 aromatic rings. The molecule has 0 spiro atoms. The lowest BCUT2D eigenvalue weighted by Crippen LogP contribution is -2.24. The molecule has 0 aliphatic rings. The molecule has 0 fully saturated rings. The number of rotatable bonds is 4. The monoisotopic (exact) mass is 309 g/mol. The Balaban J connectivity index is 2.68. The van der Waals surface area contributed by atoms with Crippen LogP contribution in [-0.4, -0.2) is 17.8 Å². The first-order valence-corrected chi connectivity index (χ1v) is 6.32. The fourth-order valence-corrected chi connectivity index (χ4v) is 1.69. The quantitative estimate of drug-likeness (QED) is 0.669. The van der Waals surface area contributed by atoms with Crippen LogP contribution in [0.5, 0.6) is 0 Å². The van der Waals surface area contributed by atoms with Gasteiger partial charge in [-0.05, 0) is 24.6 Å². The summed E-state index contributed by atoms with van der Waals surface area (Å²) in [5, 5.41) is 4.53. The zero-order valence-corrected chi connectivity index (χ0v) is 11.0. The van der Waals surface area contributed by atoms with Crippen molar-refractivity contribution in [1.29, 1.82) is 0 Å². The fourth-order valence-electron chi connectivity index (χ4n) is 1.04. The maximum Gasteiger partial charge on any atom is 0.252 e. The van der Waals surface area contributed by atoms with Gasteiger partial charge >= 0.3 is 0 Å². The number of hydrogen-bond donors (Lipinski definition) is 1. The van der Waals surface area contributed by atoms with Crippen molar-refractivity contribution in [3.63, 3.8) is 0 Å². The number of hydrogen-bond acceptors (Lipinski definition) is 1. The highest BCUT2D eigenvalue weighted by atomic mass is 79.9. The molecule has 1 amide bonds. The Hall–Kier alpha value is -0.250. The Morgan fingerprint density at radius 3 is 2.80 bits per heavy atom. The van der Waals surface area contributed by atoms with Crippen molar-refractivity contribution >= 4 is 45.0 Å². The number of amides is 1. The van der Waals surface area contributed by atoms with Gasteiger partial charge in [-0.2, -0.15) is 0 Å². The third-order valence-electron chi connectivity index (χ3n) is 1.77. The van der Waals surface area contributed by atoms with E-state index in [9.17, 15) is 4.79 Å². The molecule has 15 heavy (non-hydrogen) atoms. The van der Waals surface area contributed by atoms with Crippen LogP contribution in [0.2, 0.25) is 10.0 Å². The second-order valence-electron chi connectivity index (χ2n) is 2.92.